The van der Waals surface area contributed by atoms with Crippen molar-refractivity contribution in [3.63, 3.8) is 0 Å². The second-order valence-corrected chi connectivity index (χ2v) is 6.78. The molecule has 0 aromatic heterocycles. The molecule has 0 bridgehead atoms. The quantitative estimate of drug-likeness (QED) is 0.734. The zero-order valence-corrected chi connectivity index (χ0v) is 16.1. The minimum absolute atomic E-state index is 0.113. The van der Waals surface area contributed by atoms with Gasteiger partial charge < -0.3 is 19.5 Å². The second kappa shape index (κ2) is 9.62. The van der Waals surface area contributed by atoms with Gasteiger partial charge in [0, 0.05) is 29.3 Å². The van der Waals surface area contributed by atoms with Gasteiger partial charge in [-0.1, -0.05) is 17.7 Å². The highest BCUT2D eigenvalue weighted by Crippen LogP contribution is 2.24. The van der Waals surface area contributed by atoms with Crippen LogP contribution >= 0.6 is 11.6 Å². The van der Waals surface area contributed by atoms with Gasteiger partial charge in [0.05, 0.1) is 12.7 Å². The van der Waals surface area contributed by atoms with Crippen molar-refractivity contribution in [1.29, 1.82) is 0 Å². The van der Waals surface area contributed by atoms with Gasteiger partial charge in [0.25, 0.3) is 5.91 Å². The van der Waals surface area contributed by atoms with E-state index in [4.69, 9.17) is 25.8 Å². The van der Waals surface area contributed by atoms with Crippen molar-refractivity contribution >= 4 is 17.5 Å². The molecule has 2 aromatic rings. The van der Waals surface area contributed by atoms with E-state index in [0.29, 0.717) is 35.2 Å². The van der Waals surface area contributed by atoms with Crippen LogP contribution in [0.15, 0.2) is 42.5 Å². The molecule has 0 saturated carbocycles. The van der Waals surface area contributed by atoms with Gasteiger partial charge in [-0.3, -0.25) is 4.79 Å². The Labute approximate surface area is 164 Å². The van der Waals surface area contributed by atoms with E-state index in [1.165, 1.54) is 0 Å². The molecule has 0 aliphatic carbocycles. The number of amides is 1. The molecule has 1 heterocycles. The molecule has 1 amide bonds. The van der Waals surface area contributed by atoms with E-state index in [0.717, 1.165) is 25.0 Å². The van der Waals surface area contributed by atoms with Gasteiger partial charge in [-0.25, -0.2) is 0 Å². The number of rotatable bonds is 8. The third kappa shape index (κ3) is 5.62. The van der Waals surface area contributed by atoms with Gasteiger partial charge in [0.1, 0.15) is 18.1 Å². The molecule has 1 aliphatic rings. The number of carbonyl (C=O) groups excluding carboxylic acids is 1. The molecule has 144 valence electrons. The molecular weight excluding hydrogens is 366 g/mol. The molecule has 1 aliphatic heterocycles. The van der Waals surface area contributed by atoms with Crippen molar-refractivity contribution < 1.29 is 19.0 Å². The third-order valence-corrected chi connectivity index (χ3v) is 4.56. The molecule has 0 radical (unpaired) electrons. The van der Waals surface area contributed by atoms with Gasteiger partial charge in [0.15, 0.2) is 0 Å². The Morgan fingerprint density at radius 3 is 2.89 bits per heavy atom. The first-order valence-corrected chi connectivity index (χ1v) is 9.57. The van der Waals surface area contributed by atoms with E-state index < -0.39 is 0 Å². The smallest absolute Gasteiger partial charge is 0.251 e. The van der Waals surface area contributed by atoms with E-state index in [1.807, 2.05) is 19.1 Å². The van der Waals surface area contributed by atoms with Crippen LogP contribution in [-0.4, -0.2) is 31.8 Å². The highest BCUT2D eigenvalue weighted by Gasteiger charge is 2.17. The number of hydrogen-bond donors (Lipinski definition) is 1. The summed E-state index contributed by atoms with van der Waals surface area (Å²) in [5.41, 5.74) is 1.38. The highest BCUT2D eigenvalue weighted by molar-refractivity contribution is 6.30. The number of nitrogens with one attached hydrogen (secondary N) is 1. The number of carbonyl (C=O) groups is 1. The predicted molar refractivity (Wildman–Crippen MR) is 105 cm³/mol. The number of benzene rings is 2. The maximum absolute atomic E-state index is 12.5. The van der Waals surface area contributed by atoms with E-state index in [2.05, 4.69) is 5.32 Å². The maximum atomic E-state index is 12.5. The van der Waals surface area contributed by atoms with Crippen molar-refractivity contribution in [2.24, 2.45) is 0 Å². The molecule has 1 atom stereocenters. The van der Waals surface area contributed by atoms with Crippen molar-refractivity contribution in [2.45, 2.75) is 32.5 Å². The predicted octanol–water partition coefficient (Wildman–Crippen LogP) is 4.23. The number of ether oxygens (including phenoxy) is 3. The number of hydrogen-bond acceptors (Lipinski definition) is 4. The van der Waals surface area contributed by atoms with Crippen LogP contribution < -0.4 is 14.8 Å². The minimum atomic E-state index is -0.127. The molecule has 2 aromatic carbocycles. The van der Waals surface area contributed by atoms with E-state index in [9.17, 15) is 4.79 Å². The number of halogens is 1. The van der Waals surface area contributed by atoms with E-state index >= 15 is 0 Å². The first-order chi connectivity index (χ1) is 13.2. The summed E-state index contributed by atoms with van der Waals surface area (Å²) in [4.78, 5) is 12.5. The zero-order valence-electron chi connectivity index (χ0n) is 15.4. The summed E-state index contributed by atoms with van der Waals surface area (Å²) in [5, 5.41) is 3.55. The van der Waals surface area contributed by atoms with Crippen LogP contribution in [0.2, 0.25) is 5.02 Å². The Kier molecular flexibility index (Phi) is 6.96. The summed E-state index contributed by atoms with van der Waals surface area (Å²) in [6, 6.07) is 12.6. The highest BCUT2D eigenvalue weighted by atomic mass is 35.5. The van der Waals surface area contributed by atoms with Crippen LogP contribution in [-0.2, 0) is 11.3 Å². The van der Waals surface area contributed by atoms with Crippen molar-refractivity contribution in [1.82, 2.24) is 5.32 Å². The lowest BCUT2D eigenvalue weighted by Gasteiger charge is -2.14. The first kappa shape index (κ1) is 19.5. The molecular formula is C21H24ClNO4. The summed E-state index contributed by atoms with van der Waals surface area (Å²) in [7, 11) is 0. The summed E-state index contributed by atoms with van der Waals surface area (Å²) in [5.74, 6) is 1.24. The Morgan fingerprint density at radius 2 is 2.15 bits per heavy atom. The standard InChI is InChI=1S/C21H24ClNO4/c1-2-25-20-9-8-15(21(24)23-13-19-7-4-10-26-19)11-16(20)14-27-18-6-3-5-17(22)12-18/h3,5-6,8-9,11-12,19H,2,4,7,10,13-14H2,1H3,(H,23,24)/t19-/m1/s1. The van der Waals surface area contributed by atoms with Gasteiger partial charge in [-0.15, -0.1) is 0 Å². The fourth-order valence-corrected chi connectivity index (χ4v) is 3.14. The molecule has 1 fully saturated rings. The Balaban J connectivity index is 1.68. The molecule has 0 spiro atoms. The fourth-order valence-electron chi connectivity index (χ4n) is 2.96. The first-order valence-electron chi connectivity index (χ1n) is 9.19. The molecule has 1 saturated heterocycles. The van der Waals surface area contributed by atoms with Crippen LogP contribution in [0.1, 0.15) is 35.7 Å². The molecule has 27 heavy (non-hydrogen) atoms. The van der Waals surface area contributed by atoms with E-state index in [1.54, 1.807) is 30.3 Å². The normalized spacial score (nSPS) is 16.1. The van der Waals surface area contributed by atoms with Crippen LogP contribution in [0.25, 0.3) is 0 Å². The Bertz CT molecular complexity index is 775. The topological polar surface area (TPSA) is 56.8 Å². The van der Waals surface area contributed by atoms with Gasteiger partial charge in [-0.2, -0.15) is 0 Å². The van der Waals surface area contributed by atoms with Gasteiger partial charge in [-0.05, 0) is 56.2 Å². The van der Waals surface area contributed by atoms with Crippen LogP contribution in [0.5, 0.6) is 11.5 Å². The molecule has 6 heteroatoms. The lowest BCUT2D eigenvalue weighted by atomic mass is 10.1. The van der Waals surface area contributed by atoms with E-state index in [-0.39, 0.29) is 18.6 Å². The molecule has 5 nitrogen and oxygen atoms in total. The monoisotopic (exact) mass is 389 g/mol. The summed E-state index contributed by atoms with van der Waals surface area (Å²) < 4.78 is 17.0. The Morgan fingerprint density at radius 1 is 1.26 bits per heavy atom. The van der Waals surface area contributed by atoms with Gasteiger partial charge in [0.2, 0.25) is 0 Å². The van der Waals surface area contributed by atoms with Crippen molar-refractivity contribution in [3.8, 4) is 11.5 Å². The van der Waals surface area contributed by atoms with Crippen LogP contribution in [0.3, 0.4) is 0 Å². The molecule has 0 unspecified atom stereocenters. The third-order valence-electron chi connectivity index (χ3n) is 4.33. The van der Waals surface area contributed by atoms with Crippen LogP contribution in [0, 0.1) is 0 Å². The summed E-state index contributed by atoms with van der Waals surface area (Å²) in [6.07, 6.45) is 2.15. The molecule has 3 rings (SSSR count). The summed E-state index contributed by atoms with van der Waals surface area (Å²) >= 11 is 6.00. The summed E-state index contributed by atoms with van der Waals surface area (Å²) in [6.45, 7) is 4.04. The van der Waals surface area contributed by atoms with Crippen LogP contribution in [0.4, 0.5) is 0 Å². The fraction of sp³-hybridized carbons (Fsp3) is 0.381. The molecule has 1 N–H and O–H groups in total. The lowest BCUT2D eigenvalue weighted by Crippen LogP contribution is -2.31. The Hall–Kier alpha value is -2.24. The SMILES string of the molecule is CCOc1ccc(C(=O)NC[C@H]2CCCO2)cc1COc1cccc(Cl)c1. The largest absolute Gasteiger partial charge is 0.493 e. The van der Waals surface area contributed by atoms with Crippen molar-refractivity contribution in [2.75, 3.05) is 19.8 Å². The maximum Gasteiger partial charge on any atom is 0.251 e. The second-order valence-electron chi connectivity index (χ2n) is 6.35. The van der Waals surface area contributed by atoms with Crippen molar-refractivity contribution in [3.05, 3.63) is 58.6 Å². The lowest BCUT2D eigenvalue weighted by molar-refractivity contribution is 0.0857. The zero-order chi connectivity index (χ0) is 19.1. The average molecular weight is 390 g/mol. The van der Waals surface area contributed by atoms with Gasteiger partial charge >= 0.3 is 0 Å². The average Bonchev–Trinajstić information content (AvgIpc) is 3.19. The minimum Gasteiger partial charge on any atom is -0.493 e.